The number of carbonyl (C=O) groups is 2. The number of rotatable bonds is 7. The molecule has 9 heteroatoms. The van der Waals surface area contributed by atoms with E-state index in [1.807, 2.05) is 31.2 Å². The van der Waals surface area contributed by atoms with Gasteiger partial charge >= 0.3 is 0 Å². The van der Waals surface area contributed by atoms with Gasteiger partial charge in [0.15, 0.2) is 5.75 Å². The predicted molar refractivity (Wildman–Crippen MR) is 117 cm³/mol. The number of nitro groups is 1. The van der Waals surface area contributed by atoms with Gasteiger partial charge in [-0.25, -0.2) is 0 Å². The maximum atomic E-state index is 12.3. The van der Waals surface area contributed by atoms with E-state index in [-0.39, 0.29) is 22.8 Å². The molecule has 3 aromatic carbocycles. The van der Waals surface area contributed by atoms with Crippen molar-refractivity contribution >= 4 is 34.8 Å². The van der Waals surface area contributed by atoms with Crippen LogP contribution >= 0.6 is 11.6 Å². The molecular formula is C22H18ClN3O5. The van der Waals surface area contributed by atoms with Crippen LogP contribution < -0.4 is 15.4 Å². The van der Waals surface area contributed by atoms with Crippen molar-refractivity contribution in [3.63, 3.8) is 0 Å². The van der Waals surface area contributed by atoms with Crippen LogP contribution in [0.4, 0.5) is 11.4 Å². The average molecular weight is 440 g/mol. The second-order valence-corrected chi connectivity index (χ2v) is 6.97. The number of aryl methyl sites for hydroxylation is 1. The Bertz CT molecular complexity index is 1130. The molecular weight excluding hydrogens is 422 g/mol. The van der Waals surface area contributed by atoms with E-state index in [0.717, 1.165) is 11.6 Å². The zero-order valence-corrected chi connectivity index (χ0v) is 17.2. The summed E-state index contributed by atoms with van der Waals surface area (Å²) in [5.41, 5.74) is 1.16. The third-order valence-electron chi connectivity index (χ3n) is 4.22. The number of anilines is 1. The topological polar surface area (TPSA) is 111 Å². The molecule has 158 valence electrons. The summed E-state index contributed by atoms with van der Waals surface area (Å²) in [7, 11) is 0. The number of nitrogens with zero attached hydrogens (tertiary/aromatic N) is 1. The highest BCUT2D eigenvalue weighted by atomic mass is 35.5. The van der Waals surface area contributed by atoms with Gasteiger partial charge in [0.2, 0.25) is 5.91 Å². The molecule has 0 spiro atoms. The number of halogens is 1. The highest BCUT2D eigenvalue weighted by molar-refractivity contribution is 6.32. The molecule has 0 bridgehead atoms. The quantitative estimate of drug-likeness (QED) is 0.409. The molecule has 0 aliphatic rings. The van der Waals surface area contributed by atoms with Crippen LogP contribution in [0.3, 0.4) is 0 Å². The third kappa shape index (κ3) is 5.80. The van der Waals surface area contributed by atoms with Gasteiger partial charge in [-0.1, -0.05) is 41.4 Å². The van der Waals surface area contributed by atoms with Crippen LogP contribution in [-0.2, 0) is 4.79 Å². The van der Waals surface area contributed by atoms with Crippen LogP contribution in [0.25, 0.3) is 0 Å². The van der Waals surface area contributed by atoms with Gasteiger partial charge in [0.25, 0.3) is 11.6 Å². The number of ether oxygens (including phenoxy) is 1. The van der Waals surface area contributed by atoms with E-state index < -0.39 is 16.7 Å². The second kappa shape index (κ2) is 9.73. The van der Waals surface area contributed by atoms with Gasteiger partial charge in [-0.05, 0) is 43.3 Å². The van der Waals surface area contributed by atoms with Gasteiger partial charge < -0.3 is 15.4 Å². The maximum Gasteiger partial charge on any atom is 0.288 e. The average Bonchev–Trinajstić information content (AvgIpc) is 2.75. The standard InChI is InChI=1S/C22H18ClN3O5/c1-14-6-9-16(10-7-14)31-20-5-3-2-4-18(20)25-21(27)13-24-22(28)15-8-11-17(23)19(12-15)26(29)30/h2-12H,13H2,1H3,(H,24,28)(H,25,27). The number of nitro benzene ring substituents is 1. The minimum Gasteiger partial charge on any atom is -0.455 e. The fourth-order valence-electron chi connectivity index (χ4n) is 2.64. The lowest BCUT2D eigenvalue weighted by molar-refractivity contribution is -0.384. The van der Waals surface area contributed by atoms with Gasteiger partial charge in [0.05, 0.1) is 17.2 Å². The van der Waals surface area contributed by atoms with Crippen LogP contribution in [0.1, 0.15) is 15.9 Å². The summed E-state index contributed by atoms with van der Waals surface area (Å²) in [6, 6.07) is 18.0. The lowest BCUT2D eigenvalue weighted by Gasteiger charge is -2.13. The van der Waals surface area contributed by atoms with Crippen molar-refractivity contribution in [2.75, 3.05) is 11.9 Å². The lowest BCUT2D eigenvalue weighted by atomic mass is 10.2. The minimum absolute atomic E-state index is 0.0204. The number of nitrogens with one attached hydrogen (secondary N) is 2. The molecule has 2 amide bonds. The van der Waals surface area contributed by atoms with E-state index >= 15 is 0 Å². The normalized spacial score (nSPS) is 10.3. The third-order valence-corrected chi connectivity index (χ3v) is 4.54. The number of hydrogen-bond acceptors (Lipinski definition) is 5. The second-order valence-electron chi connectivity index (χ2n) is 6.57. The van der Waals surface area contributed by atoms with Crippen molar-refractivity contribution in [1.29, 1.82) is 0 Å². The van der Waals surface area contributed by atoms with Crippen LogP contribution in [0.15, 0.2) is 66.7 Å². The van der Waals surface area contributed by atoms with Gasteiger partial charge in [0, 0.05) is 11.6 Å². The zero-order chi connectivity index (χ0) is 22.4. The Labute approximate surface area is 182 Å². The fraction of sp³-hybridized carbons (Fsp3) is 0.0909. The summed E-state index contributed by atoms with van der Waals surface area (Å²) >= 11 is 5.74. The Morgan fingerprint density at radius 1 is 1.06 bits per heavy atom. The summed E-state index contributed by atoms with van der Waals surface area (Å²) < 4.78 is 5.83. The molecule has 0 heterocycles. The Kier molecular flexibility index (Phi) is 6.84. The van der Waals surface area contributed by atoms with E-state index in [0.29, 0.717) is 17.2 Å². The van der Waals surface area contributed by atoms with Crippen LogP contribution in [0, 0.1) is 17.0 Å². The molecule has 0 saturated heterocycles. The Morgan fingerprint density at radius 2 is 1.77 bits per heavy atom. The first-order chi connectivity index (χ1) is 14.8. The van der Waals surface area contributed by atoms with Crippen molar-refractivity contribution in [1.82, 2.24) is 5.32 Å². The number of hydrogen-bond donors (Lipinski definition) is 2. The van der Waals surface area contributed by atoms with Crippen molar-refractivity contribution in [3.05, 3.63) is 93.0 Å². The van der Waals surface area contributed by atoms with Crippen molar-refractivity contribution in [2.24, 2.45) is 0 Å². The molecule has 0 unspecified atom stereocenters. The van der Waals surface area contributed by atoms with Gasteiger partial charge in [-0.2, -0.15) is 0 Å². The molecule has 0 aliphatic heterocycles. The summed E-state index contributed by atoms with van der Waals surface area (Å²) in [5.74, 6) is -0.0693. The minimum atomic E-state index is -0.684. The Morgan fingerprint density at radius 3 is 2.48 bits per heavy atom. The summed E-state index contributed by atoms with van der Waals surface area (Å²) in [6.45, 7) is 1.63. The number of para-hydroxylation sites is 2. The molecule has 0 aromatic heterocycles. The Balaban J connectivity index is 1.62. The van der Waals surface area contributed by atoms with E-state index in [1.54, 1.807) is 24.3 Å². The van der Waals surface area contributed by atoms with Crippen LogP contribution in [0.2, 0.25) is 5.02 Å². The smallest absolute Gasteiger partial charge is 0.288 e. The molecule has 0 saturated carbocycles. The van der Waals surface area contributed by atoms with Crippen molar-refractivity contribution in [3.8, 4) is 11.5 Å². The lowest BCUT2D eigenvalue weighted by Crippen LogP contribution is -2.32. The van der Waals surface area contributed by atoms with Crippen LogP contribution in [-0.4, -0.2) is 23.3 Å². The van der Waals surface area contributed by atoms with E-state index in [2.05, 4.69) is 10.6 Å². The summed E-state index contributed by atoms with van der Waals surface area (Å²) in [5, 5.41) is 16.0. The highest BCUT2D eigenvalue weighted by Crippen LogP contribution is 2.29. The SMILES string of the molecule is Cc1ccc(Oc2ccccc2NC(=O)CNC(=O)c2ccc(Cl)c([N+](=O)[O-])c2)cc1. The number of carbonyl (C=O) groups excluding carboxylic acids is 2. The molecule has 0 atom stereocenters. The first kappa shape index (κ1) is 21.8. The molecule has 3 aromatic rings. The molecule has 0 aliphatic carbocycles. The Hall–Kier alpha value is -3.91. The summed E-state index contributed by atoms with van der Waals surface area (Å²) in [6.07, 6.45) is 0. The first-order valence-electron chi connectivity index (χ1n) is 9.19. The maximum absolute atomic E-state index is 12.3. The summed E-state index contributed by atoms with van der Waals surface area (Å²) in [4.78, 5) is 34.8. The molecule has 0 fully saturated rings. The molecule has 8 nitrogen and oxygen atoms in total. The first-order valence-corrected chi connectivity index (χ1v) is 9.57. The van der Waals surface area contributed by atoms with Gasteiger partial charge in [-0.15, -0.1) is 0 Å². The van der Waals surface area contributed by atoms with Gasteiger partial charge in [-0.3, -0.25) is 19.7 Å². The van der Waals surface area contributed by atoms with Crippen LogP contribution in [0.5, 0.6) is 11.5 Å². The van der Waals surface area contributed by atoms with Gasteiger partial charge in [0.1, 0.15) is 10.8 Å². The van der Waals surface area contributed by atoms with Crippen molar-refractivity contribution < 1.29 is 19.2 Å². The largest absolute Gasteiger partial charge is 0.455 e. The predicted octanol–water partition coefficient (Wildman–Crippen LogP) is 4.72. The molecule has 31 heavy (non-hydrogen) atoms. The molecule has 0 radical (unpaired) electrons. The van der Waals surface area contributed by atoms with E-state index in [1.165, 1.54) is 12.1 Å². The monoisotopic (exact) mass is 439 g/mol. The fourth-order valence-corrected chi connectivity index (χ4v) is 2.83. The number of benzene rings is 3. The van der Waals surface area contributed by atoms with Crippen molar-refractivity contribution in [2.45, 2.75) is 6.92 Å². The molecule has 3 rings (SSSR count). The zero-order valence-electron chi connectivity index (χ0n) is 16.4. The van der Waals surface area contributed by atoms with E-state index in [9.17, 15) is 19.7 Å². The number of amides is 2. The van der Waals surface area contributed by atoms with E-state index in [4.69, 9.17) is 16.3 Å². The molecule has 2 N–H and O–H groups in total. The highest BCUT2D eigenvalue weighted by Gasteiger charge is 2.17.